The first kappa shape index (κ1) is 12.9. The van der Waals surface area contributed by atoms with Crippen LogP contribution in [-0.4, -0.2) is 5.78 Å². The number of ether oxygens (including phenoxy) is 1. The van der Waals surface area contributed by atoms with E-state index >= 15 is 0 Å². The fourth-order valence-corrected chi connectivity index (χ4v) is 2.77. The molecule has 0 saturated carbocycles. The summed E-state index contributed by atoms with van der Waals surface area (Å²) in [5, 5.41) is 0. The van der Waals surface area contributed by atoms with Crippen LogP contribution in [0, 0.1) is 0 Å². The summed E-state index contributed by atoms with van der Waals surface area (Å²) in [5.74, 6) is 0.778. The van der Waals surface area contributed by atoms with Crippen molar-refractivity contribution < 1.29 is 9.53 Å². The summed E-state index contributed by atoms with van der Waals surface area (Å²) in [5.41, 5.74) is 1.68. The van der Waals surface area contributed by atoms with Crippen LogP contribution < -0.4 is 4.74 Å². The highest BCUT2D eigenvalue weighted by Crippen LogP contribution is 2.36. The Balaban J connectivity index is 1.96. The number of carbonyl (C=O) groups is 1. The number of benzene rings is 2. The highest BCUT2D eigenvalue weighted by atomic mass is 79.9. The summed E-state index contributed by atoms with van der Waals surface area (Å²) >= 11 is 6.80. The third-order valence-electron chi connectivity index (χ3n) is 3.13. The van der Waals surface area contributed by atoms with Gasteiger partial charge in [-0.2, -0.15) is 0 Å². The lowest BCUT2D eigenvalue weighted by molar-refractivity contribution is 0.0850. The minimum Gasteiger partial charge on any atom is -0.484 e. The van der Waals surface area contributed by atoms with Crippen molar-refractivity contribution in [1.29, 1.82) is 0 Å². The van der Waals surface area contributed by atoms with Crippen molar-refractivity contribution >= 4 is 37.6 Å². The van der Waals surface area contributed by atoms with E-state index in [1.54, 1.807) is 6.07 Å². The van der Waals surface area contributed by atoms with Crippen molar-refractivity contribution in [2.45, 2.75) is 12.5 Å². The van der Waals surface area contributed by atoms with Crippen molar-refractivity contribution in [1.82, 2.24) is 0 Å². The number of Topliss-reactive ketones (excluding diaryl/α,β-unsaturated/α-hetero) is 1. The van der Waals surface area contributed by atoms with Gasteiger partial charge in [-0.3, -0.25) is 4.79 Å². The molecule has 0 fully saturated rings. The molecule has 0 radical (unpaired) electrons. The second-order valence-corrected chi connectivity index (χ2v) is 6.26. The molecule has 4 heteroatoms. The van der Waals surface area contributed by atoms with Gasteiger partial charge in [0.05, 0.1) is 12.0 Å². The van der Waals surface area contributed by atoms with Gasteiger partial charge in [0.15, 0.2) is 5.78 Å². The van der Waals surface area contributed by atoms with Crippen LogP contribution in [0.25, 0.3) is 0 Å². The molecule has 0 N–H and O–H groups in total. The number of rotatable bonds is 1. The van der Waals surface area contributed by atoms with Gasteiger partial charge >= 0.3 is 0 Å². The van der Waals surface area contributed by atoms with E-state index < -0.39 is 0 Å². The molecule has 1 unspecified atom stereocenters. The summed E-state index contributed by atoms with van der Waals surface area (Å²) in [6.45, 7) is 0. The van der Waals surface area contributed by atoms with Gasteiger partial charge in [-0.1, -0.05) is 44.0 Å². The zero-order valence-electron chi connectivity index (χ0n) is 9.90. The lowest BCUT2D eigenvalue weighted by atomic mass is 9.96. The Morgan fingerprint density at radius 1 is 1.00 bits per heavy atom. The number of ketones is 1. The Morgan fingerprint density at radius 2 is 1.68 bits per heavy atom. The van der Waals surface area contributed by atoms with Gasteiger partial charge < -0.3 is 4.74 Å². The van der Waals surface area contributed by atoms with Crippen LogP contribution in [0.3, 0.4) is 0 Å². The van der Waals surface area contributed by atoms with E-state index in [2.05, 4.69) is 31.9 Å². The Labute approximate surface area is 128 Å². The molecule has 3 rings (SSSR count). The van der Waals surface area contributed by atoms with Gasteiger partial charge in [-0.25, -0.2) is 0 Å². The lowest BCUT2D eigenvalue weighted by Gasteiger charge is -2.25. The normalized spacial score (nSPS) is 17.8. The highest BCUT2D eigenvalue weighted by Gasteiger charge is 2.27. The van der Waals surface area contributed by atoms with E-state index in [-0.39, 0.29) is 11.9 Å². The summed E-state index contributed by atoms with van der Waals surface area (Å²) < 4.78 is 7.87. The number of fused-ring (bicyclic) bond motifs is 1. The molecule has 1 aliphatic heterocycles. The van der Waals surface area contributed by atoms with Crippen molar-refractivity contribution in [2.24, 2.45) is 0 Å². The van der Waals surface area contributed by atoms with Gasteiger partial charge in [0.2, 0.25) is 0 Å². The molecule has 0 saturated heterocycles. The van der Waals surface area contributed by atoms with Crippen molar-refractivity contribution in [3.63, 3.8) is 0 Å². The number of carbonyl (C=O) groups excluding carboxylic acids is 1. The Kier molecular flexibility index (Phi) is 3.46. The summed E-state index contributed by atoms with van der Waals surface area (Å²) in [4.78, 5) is 12.1. The lowest BCUT2D eigenvalue weighted by Crippen LogP contribution is -2.20. The first-order valence-corrected chi connectivity index (χ1v) is 7.47. The molecule has 0 aromatic heterocycles. The third kappa shape index (κ3) is 2.60. The maximum absolute atomic E-state index is 12.1. The first-order valence-electron chi connectivity index (χ1n) is 5.88. The van der Waals surface area contributed by atoms with E-state index in [1.807, 2.05) is 36.4 Å². The highest BCUT2D eigenvalue weighted by molar-refractivity contribution is 9.10. The maximum Gasteiger partial charge on any atom is 0.170 e. The van der Waals surface area contributed by atoms with Crippen molar-refractivity contribution in [3.8, 4) is 5.75 Å². The quantitative estimate of drug-likeness (QED) is 0.700. The van der Waals surface area contributed by atoms with Crippen LogP contribution in [0.2, 0.25) is 0 Å². The van der Waals surface area contributed by atoms with Gasteiger partial charge in [0.25, 0.3) is 0 Å². The van der Waals surface area contributed by atoms with E-state index in [1.165, 1.54) is 0 Å². The molecule has 0 spiro atoms. The van der Waals surface area contributed by atoms with Crippen LogP contribution in [0.5, 0.6) is 5.75 Å². The topological polar surface area (TPSA) is 26.3 Å². The second-order valence-electron chi connectivity index (χ2n) is 4.43. The number of halogens is 2. The van der Waals surface area contributed by atoms with Crippen LogP contribution >= 0.6 is 31.9 Å². The second kappa shape index (κ2) is 5.10. The molecule has 0 aliphatic carbocycles. The molecule has 1 atom stereocenters. The minimum atomic E-state index is -0.206. The van der Waals surface area contributed by atoms with Crippen LogP contribution in [0.15, 0.2) is 51.4 Å². The average molecular weight is 382 g/mol. The van der Waals surface area contributed by atoms with Gasteiger partial charge in [-0.05, 0) is 35.9 Å². The van der Waals surface area contributed by atoms with Crippen molar-refractivity contribution in [2.75, 3.05) is 0 Å². The largest absolute Gasteiger partial charge is 0.484 e. The van der Waals surface area contributed by atoms with Gasteiger partial charge in [0.1, 0.15) is 11.9 Å². The first-order chi connectivity index (χ1) is 9.13. The van der Waals surface area contributed by atoms with Gasteiger partial charge in [0, 0.05) is 8.95 Å². The summed E-state index contributed by atoms with van der Waals surface area (Å²) in [7, 11) is 0. The molecule has 1 aliphatic rings. The van der Waals surface area contributed by atoms with Crippen molar-refractivity contribution in [3.05, 3.63) is 62.5 Å². The Hall–Kier alpha value is -1.13. The summed E-state index contributed by atoms with van der Waals surface area (Å²) in [6.07, 6.45) is 0.179. The minimum absolute atomic E-state index is 0.127. The Bertz CT molecular complexity index is 635. The molecule has 0 amide bonds. The molecule has 19 heavy (non-hydrogen) atoms. The van der Waals surface area contributed by atoms with Crippen LogP contribution in [0.1, 0.15) is 28.4 Å². The smallest absolute Gasteiger partial charge is 0.170 e. The molecule has 1 heterocycles. The standard InChI is InChI=1S/C15H10Br2O2/c16-10-3-1-9(2-4-10)14-8-13(18)12-6-5-11(17)7-15(12)19-14/h1-7,14H,8H2. The average Bonchev–Trinajstić information content (AvgIpc) is 2.38. The zero-order valence-corrected chi connectivity index (χ0v) is 13.1. The van der Waals surface area contributed by atoms with E-state index in [0.29, 0.717) is 17.7 Å². The third-order valence-corrected chi connectivity index (χ3v) is 4.15. The van der Waals surface area contributed by atoms with Crippen LogP contribution in [-0.2, 0) is 0 Å². The SMILES string of the molecule is O=C1CC(c2ccc(Br)cc2)Oc2cc(Br)ccc21. The summed E-state index contributed by atoms with van der Waals surface area (Å²) in [6, 6.07) is 13.4. The number of hydrogen-bond acceptors (Lipinski definition) is 2. The molecule has 2 aromatic rings. The van der Waals surface area contributed by atoms with Gasteiger partial charge in [-0.15, -0.1) is 0 Å². The van der Waals surface area contributed by atoms with Crippen LogP contribution in [0.4, 0.5) is 0 Å². The molecule has 2 aromatic carbocycles. The fraction of sp³-hybridized carbons (Fsp3) is 0.133. The monoisotopic (exact) mass is 380 g/mol. The molecule has 2 nitrogen and oxygen atoms in total. The maximum atomic E-state index is 12.1. The molecule has 96 valence electrons. The Morgan fingerprint density at radius 3 is 2.42 bits per heavy atom. The van der Waals surface area contributed by atoms with E-state index in [4.69, 9.17) is 4.74 Å². The molecular weight excluding hydrogens is 372 g/mol. The predicted octanol–water partition coefficient (Wildman–Crippen LogP) is 4.92. The fourth-order valence-electron chi connectivity index (χ4n) is 2.16. The number of hydrogen-bond donors (Lipinski definition) is 0. The predicted molar refractivity (Wildman–Crippen MR) is 80.6 cm³/mol. The zero-order chi connectivity index (χ0) is 13.4. The van der Waals surface area contributed by atoms with E-state index in [0.717, 1.165) is 14.5 Å². The molecule has 0 bridgehead atoms. The van der Waals surface area contributed by atoms with E-state index in [9.17, 15) is 4.79 Å². The molecular formula is C15H10Br2O2.